The van der Waals surface area contributed by atoms with Crippen LogP contribution in [0.25, 0.3) is 0 Å². The van der Waals surface area contributed by atoms with Gasteiger partial charge < -0.3 is 15.3 Å². The maximum Gasteiger partial charge on any atom is 0.0487 e. The molecule has 3 N–H and O–H groups in total. The van der Waals surface area contributed by atoms with E-state index in [1.807, 2.05) is 0 Å². The van der Waals surface area contributed by atoms with E-state index in [9.17, 15) is 15.3 Å². The van der Waals surface area contributed by atoms with Gasteiger partial charge in [0.2, 0.25) is 0 Å². The van der Waals surface area contributed by atoms with Crippen LogP contribution >= 0.6 is 0 Å². The van der Waals surface area contributed by atoms with Gasteiger partial charge >= 0.3 is 0 Å². The topological polar surface area (TPSA) is 60.7 Å². The molecule has 13 aliphatic rings. The molecule has 152 valence electrons. The standard InChI is InChI=1S/C25H34O3/c26-10-20-1-13-16-14-2-21(11-27)6-23(16,4-20)19-24(5-20)7-22(12-28)3-15(17(13)24)18(14)25(19,8-21)9-22/h13-19,26-28H,1-12H2. The first-order chi connectivity index (χ1) is 13.4. The molecule has 28 heavy (non-hydrogen) atoms. The molecule has 0 unspecified atom stereocenters. The molecular formula is C25H34O3. The van der Waals surface area contributed by atoms with Gasteiger partial charge in [-0.1, -0.05) is 0 Å². The van der Waals surface area contributed by atoms with Crippen molar-refractivity contribution in [3.63, 3.8) is 0 Å². The highest BCUT2D eigenvalue weighted by Gasteiger charge is 2.93. The molecule has 3 heteroatoms. The zero-order valence-electron chi connectivity index (χ0n) is 16.9. The monoisotopic (exact) mass is 382 g/mol. The summed E-state index contributed by atoms with van der Waals surface area (Å²) in [7, 11) is 0. The van der Waals surface area contributed by atoms with Gasteiger partial charge in [0, 0.05) is 19.8 Å². The quantitative estimate of drug-likeness (QED) is 0.703. The Labute approximate surface area is 167 Å². The molecule has 13 fully saturated rings. The Kier molecular flexibility index (Phi) is 2.12. The molecule has 0 heterocycles. The van der Waals surface area contributed by atoms with Crippen molar-refractivity contribution >= 4 is 0 Å². The largest absolute Gasteiger partial charge is 0.396 e. The van der Waals surface area contributed by atoms with Crippen molar-refractivity contribution in [3.05, 3.63) is 0 Å². The summed E-state index contributed by atoms with van der Waals surface area (Å²) in [5.41, 5.74) is 1.82. The van der Waals surface area contributed by atoms with Gasteiger partial charge in [0.1, 0.15) is 0 Å². The first-order valence-corrected chi connectivity index (χ1v) is 12.3. The molecule has 3 nitrogen and oxygen atoms in total. The SMILES string of the molecule is OCC12CC3C4C5CC6(CO)CC4(C1)C1C4(C2)CC2(CO)CC(C34)C5C1(C6)C2. The molecule has 13 rings (SSSR count). The Morgan fingerprint density at radius 2 is 0.786 bits per heavy atom. The summed E-state index contributed by atoms with van der Waals surface area (Å²) in [6.45, 7) is 1.18. The summed E-state index contributed by atoms with van der Waals surface area (Å²) in [6, 6.07) is 0. The lowest BCUT2D eigenvalue weighted by Gasteiger charge is -2.96. The predicted molar refractivity (Wildman–Crippen MR) is 102 cm³/mol. The van der Waals surface area contributed by atoms with Gasteiger partial charge in [-0.15, -0.1) is 0 Å². The van der Waals surface area contributed by atoms with Gasteiger partial charge in [-0.05, 0) is 132 Å². The van der Waals surface area contributed by atoms with Crippen LogP contribution in [0.5, 0.6) is 0 Å². The van der Waals surface area contributed by atoms with E-state index in [-0.39, 0.29) is 16.2 Å². The highest BCUT2D eigenvalue weighted by atomic mass is 16.3. The summed E-state index contributed by atoms with van der Waals surface area (Å²) < 4.78 is 0. The predicted octanol–water partition coefficient (Wildman–Crippen LogP) is 2.83. The minimum absolute atomic E-state index is 0.172. The average Bonchev–Trinajstić information content (AvgIpc) is 2.65. The molecule has 0 radical (unpaired) electrons. The highest BCUT2D eigenvalue weighted by molar-refractivity contribution is 5.41. The smallest absolute Gasteiger partial charge is 0.0487 e. The molecule has 0 aliphatic heterocycles. The first-order valence-electron chi connectivity index (χ1n) is 12.3. The van der Waals surface area contributed by atoms with Crippen LogP contribution in [0.4, 0.5) is 0 Å². The van der Waals surface area contributed by atoms with Crippen molar-refractivity contribution < 1.29 is 15.3 Å². The van der Waals surface area contributed by atoms with E-state index >= 15 is 0 Å². The third-order valence-electron chi connectivity index (χ3n) is 13.7. The summed E-state index contributed by atoms with van der Waals surface area (Å²) in [5.74, 6) is 6.22. The zero-order valence-corrected chi connectivity index (χ0v) is 16.9. The number of aliphatic hydroxyl groups excluding tert-OH is 3. The molecule has 0 amide bonds. The van der Waals surface area contributed by atoms with Crippen LogP contribution in [-0.2, 0) is 0 Å². The minimum atomic E-state index is 0.172. The molecule has 0 aromatic heterocycles. The second kappa shape index (κ2) is 3.79. The fourth-order valence-corrected chi connectivity index (χ4v) is 15.6. The van der Waals surface area contributed by atoms with Crippen LogP contribution < -0.4 is 0 Å². The molecule has 13 aliphatic carbocycles. The third-order valence-corrected chi connectivity index (χ3v) is 13.7. The Hall–Kier alpha value is -0.120. The second-order valence-electron chi connectivity index (χ2n) is 14.3. The molecule has 0 aromatic carbocycles. The van der Waals surface area contributed by atoms with Gasteiger partial charge in [-0.3, -0.25) is 0 Å². The maximum atomic E-state index is 10.7. The summed E-state index contributed by atoms with van der Waals surface area (Å²) in [4.78, 5) is 0. The summed E-state index contributed by atoms with van der Waals surface area (Å²) >= 11 is 0. The number of hydrogen-bond acceptors (Lipinski definition) is 3. The summed E-state index contributed by atoms with van der Waals surface area (Å²) in [5, 5.41) is 32.0. The van der Waals surface area contributed by atoms with Crippen molar-refractivity contribution in [1.29, 1.82) is 0 Å². The van der Waals surface area contributed by atoms with Crippen LogP contribution in [0.1, 0.15) is 57.8 Å². The van der Waals surface area contributed by atoms with E-state index in [1.165, 1.54) is 57.8 Å². The van der Waals surface area contributed by atoms with E-state index in [4.69, 9.17) is 0 Å². The zero-order chi connectivity index (χ0) is 18.5. The van der Waals surface area contributed by atoms with Crippen LogP contribution in [0.15, 0.2) is 0 Å². The Morgan fingerprint density at radius 1 is 0.500 bits per heavy atom. The second-order valence-corrected chi connectivity index (χ2v) is 14.3. The van der Waals surface area contributed by atoms with E-state index < -0.39 is 0 Å². The van der Waals surface area contributed by atoms with Crippen molar-refractivity contribution in [2.75, 3.05) is 19.8 Å². The molecular weight excluding hydrogens is 348 g/mol. The molecule has 0 atom stereocenters. The number of aliphatic hydroxyl groups is 3. The molecule has 0 saturated heterocycles. The third kappa shape index (κ3) is 1.11. The van der Waals surface area contributed by atoms with Gasteiger partial charge in [0.05, 0.1) is 0 Å². The lowest BCUT2D eigenvalue weighted by Crippen LogP contribution is -2.91. The molecule has 3 spiro atoms. The Morgan fingerprint density at radius 3 is 1.04 bits per heavy atom. The van der Waals surface area contributed by atoms with Gasteiger partial charge in [-0.25, -0.2) is 0 Å². The van der Waals surface area contributed by atoms with Crippen LogP contribution in [0.2, 0.25) is 0 Å². The molecule has 13 saturated carbocycles. The fraction of sp³-hybridized carbons (Fsp3) is 1.00. The van der Waals surface area contributed by atoms with E-state index in [1.54, 1.807) is 0 Å². The van der Waals surface area contributed by atoms with Crippen LogP contribution in [-0.4, -0.2) is 35.1 Å². The van der Waals surface area contributed by atoms with E-state index in [0.717, 1.165) is 41.4 Å². The van der Waals surface area contributed by atoms with Crippen molar-refractivity contribution in [2.24, 2.45) is 73.9 Å². The maximum absolute atomic E-state index is 10.7. The normalized spacial score (nSPS) is 77.5. The molecule has 13 bridgehead atoms. The number of hydrogen-bond donors (Lipinski definition) is 3. The number of rotatable bonds is 3. The Balaban J connectivity index is 1.40. The lowest BCUT2D eigenvalue weighted by molar-refractivity contribution is -0.491. The van der Waals surface area contributed by atoms with Crippen LogP contribution in [0.3, 0.4) is 0 Å². The van der Waals surface area contributed by atoms with E-state index in [0.29, 0.717) is 36.1 Å². The van der Waals surface area contributed by atoms with Crippen molar-refractivity contribution in [1.82, 2.24) is 0 Å². The van der Waals surface area contributed by atoms with Crippen molar-refractivity contribution in [2.45, 2.75) is 57.8 Å². The van der Waals surface area contributed by atoms with Crippen LogP contribution in [0, 0.1) is 73.9 Å². The molecule has 0 aromatic rings. The summed E-state index contributed by atoms with van der Waals surface area (Å²) in [6.07, 6.45) is 11.6. The highest BCUT2D eigenvalue weighted by Crippen LogP contribution is 2.99. The fourth-order valence-electron chi connectivity index (χ4n) is 15.6. The van der Waals surface area contributed by atoms with Crippen molar-refractivity contribution in [3.8, 4) is 0 Å². The van der Waals surface area contributed by atoms with Gasteiger partial charge in [0.25, 0.3) is 0 Å². The Bertz CT molecular complexity index is 705. The van der Waals surface area contributed by atoms with Gasteiger partial charge in [-0.2, -0.15) is 0 Å². The lowest BCUT2D eigenvalue weighted by atomic mass is 9.08. The average molecular weight is 383 g/mol. The first kappa shape index (κ1) is 15.6. The van der Waals surface area contributed by atoms with E-state index in [2.05, 4.69) is 0 Å². The minimum Gasteiger partial charge on any atom is -0.396 e. The van der Waals surface area contributed by atoms with Gasteiger partial charge in [0.15, 0.2) is 0 Å².